The summed E-state index contributed by atoms with van der Waals surface area (Å²) in [5, 5.41) is 19.9. The van der Waals surface area contributed by atoms with Crippen LogP contribution in [-0.2, 0) is 6.42 Å². The first-order valence-electron chi connectivity index (χ1n) is 8.15. The summed E-state index contributed by atoms with van der Waals surface area (Å²) in [4.78, 5) is 0. The van der Waals surface area contributed by atoms with Gasteiger partial charge in [-0.05, 0) is 85.0 Å². The molecule has 0 saturated heterocycles. The molecule has 0 aromatic heterocycles. The summed E-state index contributed by atoms with van der Waals surface area (Å²) in [5.74, 6) is 3.74. The zero-order valence-corrected chi connectivity index (χ0v) is 12.1. The molecule has 2 heteroatoms. The maximum Gasteiger partial charge on any atom is 0.115 e. The van der Waals surface area contributed by atoms with Gasteiger partial charge in [0, 0.05) is 0 Å². The number of aliphatic hydroxyl groups excluding tert-OH is 1. The minimum Gasteiger partial charge on any atom is -0.508 e. The van der Waals surface area contributed by atoms with Crippen LogP contribution in [0.3, 0.4) is 0 Å². The lowest BCUT2D eigenvalue weighted by Crippen LogP contribution is -2.40. The fourth-order valence-corrected chi connectivity index (χ4v) is 5.62. The normalized spacial score (nSPS) is 42.7. The number of hydrogen-bond donors (Lipinski definition) is 2. The van der Waals surface area contributed by atoms with Gasteiger partial charge in [0.2, 0.25) is 0 Å². The average molecular weight is 272 g/mol. The van der Waals surface area contributed by atoms with Gasteiger partial charge < -0.3 is 10.2 Å². The number of hydrogen-bond acceptors (Lipinski definition) is 2. The third kappa shape index (κ3) is 1.74. The molecule has 2 N–H and O–H groups in total. The van der Waals surface area contributed by atoms with Crippen LogP contribution >= 0.6 is 0 Å². The van der Waals surface area contributed by atoms with Gasteiger partial charge in [-0.25, -0.2) is 0 Å². The van der Waals surface area contributed by atoms with E-state index in [4.69, 9.17) is 0 Å². The van der Waals surface area contributed by atoms with Crippen LogP contribution in [0.4, 0.5) is 0 Å². The van der Waals surface area contributed by atoms with Crippen molar-refractivity contribution >= 4 is 0 Å². The quantitative estimate of drug-likeness (QED) is 0.759. The fraction of sp³-hybridized carbons (Fsp3) is 0.667. The van der Waals surface area contributed by atoms with E-state index in [1.54, 1.807) is 0 Å². The monoisotopic (exact) mass is 272 g/mol. The van der Waals surface area contributed by atoms with Gasteiger partial charge >= 0.3 is 0 Å². The van der Waals surface area contributed by atoms with Crippen LogP contribution in [0.5, 0.6) is 5.75 Å². The summed E-state index contributed by atoms with van der Waals surface area (Å²) in [5.41, 5.74) is 2.83. The van der Waals surface area contributed by atoms with Crippen molar-refractivity contribution in [3.8, 4) is 5.75 Å². The molecule has 0 heterocycles. The van der Waals surface area contributed by atoms with Gasteiger partial charge in [0.25, 0.3) is 0 Å². The van der Waals surface area contributed by atoms with Crippen LogP contribution in [0, 0.1) is 23.7 Å². The number of fused-ring (bicyclic) bond motifs is 5. The molecule has 1 aromatic carbocycles. The summed E-state index contributed by atoms with van der Waals surface area (Å²) in [6.45, 7) is 2.37. The zero-order valence-electron chi connectivity index (χ0n) is 12.1. The highest BCUT2D eigenvalue weighted by Gasteiger charge is 2.49. The van der Waals surface area contributed by atoms with Crippen LogP contribution in [0.25, 0.3) is 0 Å². The van der Waals surface area contributed by atoms with Crippen LogP contribution in [0.15, 0.2) is 18.2 Å². The smallest absolute Gasteiger partial charge is 0.115 e. The van der Waals surface area contributed by atoms with E-state index in [2.05, 4.69) is 13.0 Å². The first kappa shape index (κ1) is 12.7. The molecule has 1 aromatic rings. The van der Waals surface area contributed by atoms with Crippen molar-refractivity contribution in [3.63, 3.8) is 0 Å². The van der Waals surface area contributed by atoms with E-state index in [-0.39, 0.29) is 6.10 Å². The van der Waals surface area contributed by atoms with Gasteiger partial charge in [-0.1, -0.05) is 13.0 Å². The molecule has 0 radical (unpaired) electrons. The third-order valence-corrected chi connectivity index (χ3v) is 6.33. The van der Waals surface area contributed by atoms with Crippen molar-refractivity contribution in [2.24, 2.45) is 23.7 Å². The second-order valence-corrected chi connectivity index (χ2v) is 7.30. The predicted molar refractivity (Wildman–Crippen MR) is 78.7 cm³/mol. The Balaban J connectivity index is 1.73. The topological polar surface area (TPSA) is 40.5 Å². The second kappa shape index (κ2) is 4.49. The summed E-state index contributed by atoms with van der Waals surface area (Å²) < 4.78 is 0. The molecule has 0 bridgehead atoms. The Kier molecular flexibility index (Phi) is 2.85. The Bertz CT molecular complexity index is 524. The molecule has 0 spiro atoms. The van der Waals surface area contributed by atoms with Crippen molar-refractivity contribution in [2.45, 2.75) is 51.0 Å². The second-order valence-electron chi connectivity index (χ2n) is 7.30. The third-order valence-electron chi connectivity index (χ3n) is 6.33. The summed E-state index contributed by atoms with van der Waals surface area (Å²) in [7, 11) is 0. The van der Waals surface area contributed by atoms with Crippen molar-refractivity contribution < 1.29 is 10.2 Å². The number of phenolic OH excluding ortho intramolecular Hbond substituents is 1. The van der Waals surface area contributed by atoms with Crippen LogP contribution < -0.4 is 0 Å². The standard InChI is InChI=1S/C18H24O2/c1-10-8-11-9-12(19)2-3-13(11)15-5-4-14-16(18(10)15)6-7-17(14)20/h2-3,9-10,14-20H,4-8H2,1H3/t10-,14-,15+,16+,17?,18+/m0/s1. The average Bonchev–Trinajstić information content (AvgIpc) is 2.80. The first-order valence-corrected chi connectivity index (χ1v) is 8.15. The first-order chi connectivity index (χ1) is 9.65. The fourth-order valence-electron chi connectivity index (χ4n) is 5.62. The number of benzene rings is 1. The Labute approximate surface area is 120 Å². The van der Waals surface area contributed by atoms with Crippen molar-refractivity contribution in [2.75, 3.05) is 0 Å². The largest absolute Gasteiger partial charge is 0.508 e. The predicted octanol–water partition coefficient (Wildman–Crippen LogP) is 3.47. The van der Waals surface area contributed by atoms with E-state index < -0.39 is 0 Å². The summed E-state index contributed by atoms with van der Waals surface area (Å²) >= 11 is 0. The Morgan fingerprint density at radius 2 is 1.85 bits per heavy atom. The van der Waals surface area contributed by atoms with E-state index in [1.807, 2.05) is 12.1 Å². The van der Waals surface area contributed by atoms with Crippen LogP contribution in [-0.4, -0.2) is 16.3 Å². The summed E-state index contributed by atoms with van der Waals surface area (Å²) in [6, 6.07) is 5.97. The highest BCUT2D eigenvalue weighted by molar-refractivity contribution is 5.40. The van der Waals surface area contributed by atoms with Gasteiger partial charge in [0.15, 0.2) is 0 Å². The SMILES string of the molecule is C[C@H]1Cc2cc(O)ccc2[C@H]2CC[C@@H]3C(O)CC[C@H]3[C@@H]21. The van der Waals surface area contributed by atoms with Crippen molar-refractivity contribution in [1.82, 2.24) is 0 Å². The molecule has 6 atom stereocenters. The van der Waals surface area contributed by atoms with E-state index in [9.17, 15) is 10.2 Å². The molecular weight excluding hydrogens is 248 g/mol. The molecule has 2 nitrogen and oxygen atoms in total. The maximum atomic E-state index is 10.2. The van der Waals surface area contributed by atoms with Gasteiger partial charge in [-0.15, -0.1) is 0 Å². The van der Waals surface area contributed by atoms with Gasteiger partial charge in [0.1, 0.15) is 5.75 Å². The molecule has 2 fully saturated rings. The molecule has 2 saturated carbocycles. The Morgan fingerprint density at radius 1 is 1.05 bits per heavy atom. The van der Waals surface area contributed by atoms with E-state index in [0.29, 0.717) is 23.5 Å². The van der Waals surface area contributed by atoms with Gasteiger partial charge in [0.05, 0.1) is 6.10 Å². The summed E-state index contributed by atoms with van der Waals surface area (Å²) in [6.07, 6.45) is 5.66. The number of aliphatic hydroxyl groups is 1. The lowest BCUT2D eigenvalue weighted by atomic mass is 9.57. The van der Waals surface area contributed by atoms with E-state index in [0.717, 1.165) is 24.7 Å². The van der Waals surface area contributed by atoms with Gasteiger partial charge in [-0.3, -0.25) is 0 Å². The van der Waals surface area contributed by atoms with E-state index in [1.165, 1.54) is 30.4 Å². The number of rotatable bonds is 0. The van der Waals surface area contributed by atoms with Crippen molar-refractivity contribution in [1.29, 1.82) is 0 Å². The zero-order chi connectivity index (χ0) is 13.9. The van der Waals surface area contributed by atoms with Gasteiger partial charge in [-0.2, -0.15) is 0 Å². The Morgan fingerprint density at radius 3 is 2.70 bits per heavy atom. The molecule has 0 aliphatic heterocycles. The molecule has 3 aliphatic carbocycles. The minimum atomic E-state index is -0.0469. The molecule has 1 unspecified atom stereocenters. The highest BCUT2D eigenvalue weighted by atomic mass is 16.3. The number of aromatic hydroxyl groups is 1. The highest BCUT2D eigenvalue weighted by Crippen LogP contribution is 2.56. The molecule has 108 valence electrons. The van der Waals surface area contributed by atoms with Crippen LogP contribution in [0.1, 0.15) is 49.7 Å². The lowest BCUT2D eigenvalue weighted by molar-refractivity contribution is 0.0380. The Hall–Kier alpha value is -1.02. The maximum absolute atomic E-state index is 10.2. The molecule has 20 heavy (non-hydrogen) atoms. The lowest BCUT2D eigenvalue weighted by Gasteiger charge is -2.47. The minimum absolute atomic E-state index is 0.0469. The molecule has 3 aliphatic rings. The molecule has 0 amide bonds. The number of phenols is 1. The molecule has 4 rings (SSSR count). The molecular formula is C18H24O2. The van der Waals surface area contributed by atoms with E-state index >= 15 is 0 Å². The van der Waals surface area contributed by atoms with Crippen molar-refractivity contribution in [3.05, 3.63) is 29.3 Å². The van der Waals surface area contributed by atoms with Crippen LogP contribution in [0.2, 0.25) is 0 Å².